The first kappa shape index (κ1) is 10.5. The van der Waals surface area contributed by atoms with Crippen molar-refractivity contribution in [1.29, 1.82) is 0 Å². The van der Waals surface area contributed by atoms with Crippen LogP contribution < -0.4 is 4.74 Å². The number of methoxy groups -OCH3 is 1. The van der Waals surface area contributed by atoms with Crippen molar-refractivity contribution < 1.29 is 14.5 Å². The minimum atomic E-state index is -0.703. The first-order valence-electron chi connectivity index (χ1n) is 3.57. The third-order valence-electron chi connectivity index (χ3n) is 1.61. The summed E-state index contributed by atoms with van der Waals surface area (Å²) in [6.45, 7) is 0. The summed E-state index contributed by atoms with van der Waals surface area (Å²) in [7, 11) is 1.38. The number of hydrogen-bond acceptors (Lipinski definition) is 4. The summed E-state index contributed by atoms with van der Waals surface area (Å²) in [5.74, 6) is 0.308. The van der Waals surface area contributed by atoms with E-state index < -0.39 is 10.6 Å². The summed E-state index contributed by atoms with van der Waals surface area (Å²) in [5, 5.41) is 10.4. The van der Waals surface area contributed by atoms with Gasteiger partial charge in [0.05, 0.1) is 17.6 Å². The van der Waals surface area contributed by atoms with Crippen molar-refractivity contribution >= 4 is 23.6 Å². The summed E-state index contributed by atoms with van der Waals surface area (Å²) in [6, 6.07) is 2.55. The highest BCUT2D eigenvalue weighted by atomic mass is 35.5. The van der Waals surface area contributed by atoms with E-state index in [1.165, 1.54) is 19.2 Å². The molecule has 0 aliphatic heterocycles. The number of aldehydes is 1. The molecule has 0 saturated carbocycles. The van der Waals surface area contributed by atoms with Gasteiger partial charge in [0, 0.05) is 6.07 Å². The molecule has 1 rings (SSSR count). The molecule has 0 radical (unpaired) electrons. The zero-order chi connectivity index (χ0) is 10.7. The first-order valence-corrected chi connectivity index (χ1v) is 3.95. The minimum absolute atomic E-state index is 0.0978. The Morgan fingerprint density at radius 2 is 2.21 bits per heavy atom. The van der Waals surface area contributed by atoms with Crippen LogP contribution in [0, 0.1) is 10.1 Å². The molecular weight excluding hydrogens is 210 g/mol. The lowest BCUT2D eigenvalue weighted by atomic mass is 10.2. The Morgan fingerprint density at radius 3 is 2.64 bits per heavy atom. The van der Waals surface area contributed by atoms with E-state index in [0.717, 1.165) is 0 Å². The van der Waals surface area contributed by atoms with Crippen molar-refractivity contribution in [3.8, 4) is 5.75 Å². The van der Waals surface area contributed by atoms with Crippen molar-refractivity contribution in [3.05, 3.63) is 32.8 Å². The maximum Gasteiger partial charge on any atom is 0.298 e. The van der Waals surface area contributed by atoms with Crippen LogP contribution in [0.25, 0.3) is 0 Å². The number of halogens is 1. The highest BCUT2D eigenvalue weighted by molar-refractivity contribution is 6.33. The van der Waals surface area contributed by atoms with Gasteiger partial charge in [0.2, 0.25) is 0 Å². The molecule has 0 heterocycles. The van der Waals surface area contributed by atoms with Crippen LogP contribution >= 0.6 is 11.6 Å². The normalized spacial score (nSPS) is 9.57. The highest BCUT2D eigenvalue weighted by Crippen LogP contribution is 2.31. The molecule has 0 saturated heterocycles. The molecule has 1 aromatic carbocycles. The van der Waals surface area contributed by atoms with Gasteiger partial charge < -0.3 is 4.74 Å². The van der Waals surface area contributed by atoms with Gasteiger partial charge in [-0.3, -0.25) is 14.9 Å². The van der Waals surface area contributed by atoms with E-state index in [0.29, 0.717) is 12.0 Å². The monoisotopic (exact) mass is 215 g/mol. The number of nitrogens with zero attached hydrogens (tertiary/aromatic N) is 1. The molecule has 0 unspecified atom stereocenters. The average Bonchev–Trinajstić information content (AvgIpc) is 2.15. The molecule has 0 aliphatic carbocycles. The van der Waals surface area contributed by atoms with Gasteiger partial charge >= 0.3 is 0 Å². The van der Waals surface area contributed by atoms with Crippen LogP contribution in [0.3, 0.4) is 0 Å². The Hall–Kier alpha value is -1.62. The van der Waals surface area contributed by atoms with Crippen molar-refractivity contribution in [1.82, 2.24) is 0 Å². The number of rotatable bonds is 3. The summed E-state index contributed by atoms with van der Waals surface area (Å²) in [6.07, 6.45) is 0.368. The summed E-state index contributed by atoms with van der Waals surface area (Å²) >= 11 is 5.61. The van der Waals surface area contributed by atoms with Crippen LogP contribution in [0.5, 0.6) is 5.75 Å². The molecule has 6 heteroatoms. The Kier molecular flexibility index (Phi) is 3.03. The summed E-state index contributed by atoms with van der Waals surface area (Å²) in [4.78, 5) is 20.4. The standard InChI is InChI=1S/C8H6ClNO4/c1-14-6-2-5(4-11)8(10(12)13)7(9)3-6/h2-4H,1H3. The third kappa shape index (κ3) is 1.82. The lowest BCUT2D eigenvalue weighted by Gasteiger charge is -2.02. The van der Waals surface area contributed by atoms with Gasteiger partial charge in [-0.1, -0.05) is 11.6 Å². The SMILES string of the molecule is COc1cc(Cl)c([N+](=O)[O-])c(C=O)c1. The lowest BCUT2D eigenvalue weighted by Crippen LogP contribution is -1.96. The molecule has 14 heavy (non-hydrogen) atoms. The van der Waals surface area contributed by atoms with E-state index >= 15 is 0 Å². The Balaban J connectivity index is 3.42. The minimum Gasteiger partial charge on any atom is -0.497 e. The van der Waals surface area contributed by atoms with Gasteiger partial charge in [-0.15, -0.1) is 0 Å². The summed E-state index contributed by atoms with van der Waals surface area (Å²) in [5.41, 5.74) is -0.498. The van der Waals surface area contributed by atoms with Crippen molar-refractivity contribution in [2.75, 3.05) is 7.11 Å². The van der Waals surface area contributed by atoms with E-state index in [1.54, 1.807) is 0 Å². The molecule has 0 fully saturated rings. The third-order valence-corrected chi connectivity index (χ3v) is 1.90. The molecule has 5 nitrogen and oxygen atoms in total. The number of nitro benzene ring substituents is 1. The number of benzene rings is 1. The second-order valence-corrected chi connectivity index (χ2v) is 2.83. The zero-order valence-electron chi connectivity index (χ0n) is 7.19. The fraction of sp³-hybridized carbons (Fsp3) is 0.125. The molecule has 0 spiro atoms. The summed E-state index contributed by atoms with van der Waals surface area (Å²) < 4.78 is 4.81. The van der Waals surface area contributed by atoms with Crippen LogP contribution in [0.1, 0.15) is 10.4 Å². The van der Waals surface area contributed by atoms with E-state index in [4.69, 9.17) is 16.3 Å². The van der Waals surface area contributed by atoms with Gasteiger partial charge in [0.15, 0.2) is 6.29 Å². The highest BCUT2D eigenvalue weighted by Gasteiger charge is 2.19. The van der Waals surface area contributed by atoms with E-state index in [9.17, 15) is 14.9 Å². The fourth-order valence-corrected chi connectivity index (χ4v) is 1.28. The van der Waals surface area contributed by atoms with Crippen LogP contribution in [0.2, 0.25) is 5.02 Å². The molecule has 1 aromatic rings. The lowest BCUT2D eigenvalue weighted by molar-refractivity contribution is -0.384. The molecule has 0 atom stereocenters. The van der Waals surface area contributed by atoms with E-state index in [-0.39, 0.29) is 10.6 Å². The van der Waals surface area contributed by atoms with Crippen LogP contribution in [0.15, 0.2) is 12.1 Å². The van der Waals surface area contributed by atoms with Crippen LogP contribution in [0.4, 0.5) is 5.69 Å². The number of carbonyl (C=O) groups excluding carboxylic acids is 1. The molecule has 0 aromatic heterocycles. The molecule has 74 valence electrons. The molecular formula is C8H6ClNO4. The first-order chi connectivity index (χ1) is 6.60. The Bertz CT molecular complexity index is 391. The quantitative estimate of drug-likeness (QED) is 0.440. The maximum atomic E-state index is 10.5. The number of carbonyl (C=O) groups is 1. The predicted molar refractivity (Wildman–Crippen MR) is 50.0 cm³/mol. The molecule has 0 bridgehead atoms. The van der Waals surface area contributed by atoms with Gasteiger partial charge in [-0.25, -0.2) is 0 Å². The smallest absolute Gasteiger partial charge is 0.298 e. The maximum absolute atomic E-state index is 10.5. The fourth-order valence-electron chi connectivity index (χ4n) is 0.995. The number of hydrogen-bond donors (Lipinski definition) is 0. The van der Waals surface area contributed by atoms with E-state index in [2.05, 4.69) is 0 Å². The van der Waals surface area contributed by atoms with Gasteiger partial charge in [-0.2, -0.15) is 0 Å². The van der Waals surface area contributed by atoms with Crippen LogP contribution in [-0.4, -0.2) is 18.3 Å². The molecule has 0 amide bonds. The molecule has 0 N–H and O–H groups in total. The topological polar surface area (TPSA) is 69.4 Å². The number of ether oxygens (including phenoxy) is 1. The van der Waals surface area contributed by atoms with E-state index in [1.807, 2.05) is 0 Å². The Morgan fingerprint density at radius 1 is 1.57 bits per heavy atom. The zero-order valence-corrected chi connectivity index (χ0v) is 7.95. The van der Waals surface area contributed by atoms with Crippen molar-refractivity contribution in [3.63, 3.8) is 0 Å². The van der Waals surface area contributed by atoms with Crippen molar-refractivity contribution in [2.45, 2.75) is 0 Å². The second kappa shape index (κ2) is 4.06. The second-order valence-electron chi connectivity index (χ2n) is 2.42. The average molecular weight is 216 g/mol. The Labute approximate surface area is 84.4 Å². The predicted octanol–water partition coefficient (Wildman–Crippen LogP) is 2.07. The van der Waals surface area contributed by atoms with Gasteiger partial charge in [0.1, 0.15) is 10.8 Å². The van der Waals surface area contributed by atoms with Gasteiger partial charge in [0.25, 0.3) is 5.69 Å². The number of nitro groups is 1. The molecule has 0 aliphatic rings. The van der Waals surface area contributed by atoms with Crippen molar-refractivity contribution in [2.24, 2.45) is 0 Å². The van der Waals surface area contributed by atoms with Crippen LogP contribution in [-0.2, 0) is 0 Å². The largest absolute Gasteiger partial charge is 0.497 e. The van der Waals surface area contributed by atoms with Gasteiger partial charge in [-0.05, 0) is 6.07 Å².